The molecule has 1 N–H and O–H groups in total. The van der Waals surface area contributed by atoms with Crippen molar-refractivity contribution in [2.75, 3.05) is 30.9 Å². The van der Waals surface area contributed by atoms with Crippen LogP contribution in [-0.4, -0.2) is 31.8 Å². The highest BCUT2D eigenvalue weighted by atomic mass is 35.5. The average Bonchev–Trinajstić information content (AvgIpc) is 2.25. The predicted octanol–water partition coefficient (Wildman–Crippen LogP) is 3.82. The Labute approximate surface area is 113 Å². The van der Waals surface area contributed by atoms with E-state index in [1.807, 2.05) is 0 Å². The monoisotopic (exact) mass is 301 g/mol. The fourth-order valence-electron chi connectivity index (χ4n) is 1.30. The van der Waals surface area contributed by atoms with Crippen LogP contribution in [0.1, 0.15) is 6.42 Å². The van der Waals surface area contributed by atoms with Gasteiger partial charge in [-0.1, -0.05) is 23.2 Å². The second kappa shape index (κ2) is 5.84. The van der Waals surface area contributed by atoms with Crippen molar-refractivity contribution in [3.05, 3.63) is 16.1 Å². The Balaban J connectivity index is 2.88. The van der Waals surface area contributed by atoms with Gasteiger partial charge in [0.2, 0.25) is 0 Å². The molecule has 1 aromatic rings. The largest absolute Gasteiger partial charge is 0.390 e. The molecule has 0 atom stereocenters. The van der Waals surface area contributed by atoms with Crippen LogP contribution >= 0.6 is 23.2 Å². The van der Waals surface area contributed by atoms with Crippen LogP contribution in [0.25, 0.3) is 0 Å². The number of nitrogens with zero attached hydrogens (tertiary/aromatic N) is 2. The lowest BCUT2D eigenvalue weighted by atomic mass is 10.3. The molecule has 102 valence electrons. The highest BCUT2D eigenvalue weighted by Gasteiger charge is 2.27. The third-order valence-corrected chi connectivity index (χ3v) is 2.81. The van der Waals surface area contributed by atoms with E-state index in [9.17, 15) is 13.2 Å². The Morgan fingerprint density at radius 2 is 1.94 bits per heavy atom. The number of alkyl halides is 3. The minimum Gasteiger partial charge on any atom is -0.372 e. The van der Waals surface area contributed by atoms with E-state index in [2.05, 4.69) is 10.3 Å². The Morgan fingerprint density at radius 1 is 1.33 bits per heavy atom. The molecule has 1 rings (SSSR count). The molecule has 0 aliphatic carbocycles. The summed E-state index contributed by atoms with van der Waals surface area (Å²) in [5, 5.41) is 3.27. The summed E-state index contributed by atoms with van der Waals surface area (Å²) in [6.07, 6.45) is -5.14. The van der Waals surface area contributed by atoms with Crippen molar-refractivity contribution in [3.63, 3.8) is 0 Å². The number of nitrogens with one attached hydrogen (secondary N) is 1. The molecule has 0 bridgehead atoms. The quantitative estimate of drug-likeness (QED) is 0.916. The summed E-state index contributed by atoms with van der Waals surface area (Å²) >= 11 is 11.8. The Hall–Kier alpha value is -0.880. The molecule has 0 aromatic carbocycles. The zero-order valence-electron chi connectivity index (χ0n) is 9.78. The van der Waals surface area contributed by atoms with E-state index < -0.39 is 12.6 Å². The molecule has 0 saturated carbocycles. The normalized spacial score (nSPS) is 11.5. The molecule has 0 unspecified atom stereocenters. The molecule has 1 aromatic heterocycles. The average molecular weight is 302 g/mol. The number of anilines is 2. The maximum absolute atomic E-state index is 12.1. The summed E-state index contributed by atoms with van der Waals surface area (Å²) in [4.78, 5) is 5.41. The summed E-state index contributed by atoms with van der Waals surface area (Å²) in [7, 11) is 3.11. The minimum atomic E-state index is -4.21. The van der Waals surface area contributed by atoms with Gasteiger partial charge >= 0.3 is 6.18 Å². The minimum absolute atomic E-state index is 0.212. The van der Waals surface area contributed by atoms with Gasteiger partial charge in [-0.25, -0.2) is 4.98 Å². The van der Waals surface area contributed by atoms with Gasteiger partial charge < -0.3 is 10.2 Å². The van der Waals surface area contributed by atoms with Gasteiger partial charge in [-0.05, 0) is 6.07 Å². The summed E-state index contributed by atoms with van der Waals surface area (Å²) in [5.41, 5.74) is 0. The molecular weight excluding hydrogens is 290 g/mol. The zero-order chi connectivity index (χ0) is 13.9. The standard InChI is InChI=1S/C10H12Cl2F3N3/c1-16-8-6(11)5-7(12)9(17-8)18(2)4-3-10(13,14)15/h5H,3-4H2,1-2H3,(H,16,17). The molecule has 0 fully saturated rings. The number of halogens is 5. The van der Waals surface area contributed by atoms with E-state index in [0.717, 1.165) is 0 Å². The molecule has 8 heteroatoms. The van der Waals surface area contributed by atoms with Crippen LogP contribution in [0.15, 0.2) is 6.07 Å². The number of pyridine rings is 1. The van der Waals surface area contributed by atoms with Crippen LogP contribution in [0.3, 0.4) is 0 Å². The molecule has 0 saturated heterocycles. The smallest absolute Gasteiger partial charge is 0.372 e. The first-order chi connectivity index (χ1) is 8.24. The van der Waals surface area contributed by atoms with Crippen molar-refractivity contribution in [1.29, 1.82) is 0 Å². The van der Waals surface area contributed by atoms with E-state index in [0.29, 0.717) is 10.8 Å². The lowest BCUT2D eigenvalue weighted by molar-refractivity contribution is -0.132. The fourth-order valence-corrected chi connectivity index (χ4v) is 1.90. The van der Waals surface area contributed by atoms with Crippen molar-refractivity contribution in [1.82, 2.24) is 4.98 Å². The predicted molar refractivity (Wildman–Crippen MR) is 67.7 cm³/mol. The van der Waals surface area contributed by atoms with Gasteiger partial charge in [0, 0.05) is 20.6 Å². The van der Waals surface area contributed by atoms with E-state index in [4.69, 9.17) is 23.2 Å². The Kier molecular flexibility index (Phi) is 4.92. The second-order valence-electron chi connectivity index (χ2n) is 3.66. The molecule has 3 nitrogen and oxygen atoms in total. The first-order valence-electron chi connectivity index (χ1n) is 5.06. The maximum Gasteiger partial charge on any atom is 0.390 e. The number of rotatable bonds is 4. The summed E-state index contributed by atoms with van der Waals surface area (Å²) < 4.78 is 36.4. The molecule has 0 amide bonds. The van der Waals surface area contributed by atoms with Gasteiger partial charge in [-0.2, -0.15) is 13.2 Å². The fraction of sp³-hybridized carbons (Fsp3) is 0.500. The molecular formula is C10H12Cl2F3N3. The molecule has 0 radical (unpaired) electrons. The van der Waals surface area contributed by atoms with Crippen molar-refractivity contribution in [3.8, 4) is 0 Å². The molecule has 0 aliphatic rings. The van der Waals surface area contributed by atoms with Gasteiger partial charge in [0.25, 0.3) is 0 Å². The Morgan fingerprint density at radius 3 is 2.44 bits per heavy atom. The van der Waals surface area contributed by atoms with Gasteiger partial charge in [-0.3, -0.25) is 0 Å². The van der Waals surface area contributed by atoms with Crippen LogP contribution in [0.2, 0.25) is 10.0 Å². The third-order valence-electron chi connectivity index (χ3n) is 2.24. The van der Waals surface area contributed by atoms with Gasteiger partial charge in [0.05, 0.1) is 16.5 Å². The van der Waals surface area contributed by atoms with Gasteiger partial charge in [0.1, 0.15) is 11.6 Å². The van der Waals surface area contributed by atoms with E-state index in [-0.39, 0.29) is 17.4 Å². The summed E-state index contributed by atoms with van der Waals surface area (Å²) in [5.74, 6) is 0.629. The lowest BCUT2D eigenvalue weighted by Crippen LogP contribution is -2.25. The van der Waals surface area contributed by atoms with Gasteiger partial charge in [-0.15, -0.1) is 0 Å². The van der Waals surface area contributed by atoms with E-state index in [1.165, 1.54) is 18.0 Å². The number of hydrogen-bond donors (Lipinski definition) is 1. The molecule has 0 aliphatic heterocycles. The van der Waals surface area contributed by atoms with Crippen molar-refractivity contribution in [2.45, 2.75) is 12.6 Å². The van der Waals surface area contributed by atoms with Crippen LogP contribution in [-0.2, 0) is 0 Å². The first-order valence-corrected chi connectivity index (χ1v) is 5.82. The third kappa shape index (κ3) is 4.10. The highest BCUT2D eigenvalue weighted by Crippen LogP contribution is 2.31. The van der Waals surface area contributed by atoms with Crippen molar-refractivity contribution in [2.24, 2.45) is 0 Å². The van der Waals surface area contributed by atoms with Crippen molar-refractivity contribution < 1.29 is 13.2 Å². The first kappa shape index (κ1) is 15.2. The summed E-state index contributed by atoms with van der Waals surface area (Å²) in [6.45, 7) is -0.221. The van der Waals surface area contributed by atoms with Crippen LogP contribution in [0.5, 0.6) is 0 Å². The number of aromatic nitrogens is 1. The van der Waals surface area contributed by atoms with Crippen LogP contribution < -0.4 is 10.2 Å². The molecule has 0 spiro atoms. The molecule has 1 heterocycles. The lowest BCUT2D eigenvalue weighted by Gasteiger charge is -2.21. The van der Waals surface area contributed by atoms with Gasteiger partial charge in [0.15, 0.2) is 0 Å². The van der Waals surface area contributed by atoms with Crippen LogP contribution in [0.4, 0.5) is 24.8 Å². The number of hydrogen-bond acceptors (Lipinski definition) is 3. The molecule has 18 heavy (non-hydrogen) atoms. The second-order valence-corrected chi connectivity index (χ2v) is 4.48. The highest BCUT2D eigenvalue weighted by molar-refractivity contribution is 6.37. The Bertz CT molecular complexity index is 424. The van der Waals surface area contributed by atoms with E-state index >= 15 is 0 Å². The summed E-state index contributed by atoms with van der Waals surface area (Å²) in [6, 6.07) is 1.45. The zero-order valence-corrected chi connectivity index (χ0v) is 11.3. The van der Waals surface area contributed by atoms with Crippen molar-refractivity contribution >= 4 is 34.8 Å². The topological polar surface area (TPSA) is 28.2 Å². The van der Waals surface area contributed by atoms with Crippen LogP contribution in [0, 0.1) is 0 Å². The van der Waals surface area contributed by atoms with E-state index in [1.54, 1.807) is 7.05 Å². The SMILES string of the molecule is CNc1nc(N(C)CCC(F)(F)F)c(Cl)cc1Cl. The maximum atomic E-state index is 12.1.